The van der Waals surface area contributed by atoms with Crippen LogP contribution >= 0.6 is 0 Å². The van der Waals surface area contributed by atoms with Gasteiger partial charge >= 0.3 is 0 Å². The van der Waals surface area contributed by atoms with Crippen LogP contribution in [0.2, 0.25) is 0 Å². The van der Waals surface area contributed by atoms with Gasteiger partial charge in [-0.05, 0) is 50.6 Å². The third-order valence-electron chi connectivity index (χ3n) is 3.88. The number of hydrogen-bond donors (Lipinski definition) is 0. The van der Waals surface area contributed by atoms with E-state index in [1.165, 1.54) is 18.6 Å². The zero-order chi connectivity index (χ0) is 14.5. The second kappa shape index (κ2) is 6.71. The Morgan fingerprint density at radius 1 is 1.50 bits per heavy atom. The molecular weight excluding hydrogens is 253 g/mol. The van der Waals surface area contributed by atoms with Gasteiger partial charge in [0, 0.05) is 19.6 Å². The fraction of sp³-hybridized carbons (Fsp3) is 0.562. The molecule has 0 bridgehead atoms. The van der Waals surface area contributed by atoms with Gasteiger partial charge < -0.3 is 9.80 Å². The first-order valence-corrected chi connectivity index (χ1v) is 7.27. The summed E-state index contributed by atoms with van der Waals surface area (Å²) in [6.45, 7) is 6.30. The van der Waals surface area contributed by atoms with Crippen molar-refractivity contribution in [2.45, 2.75) is 19.8 Å². The van der Waals surface area contributed by atoms with E-state index in [2.05, 4.69) is 29.8 Å². The molecule has 1 aliphatic heterocycles. The van der Waals surface area contributed by atoms with Crippen molar-refractivity contribution >= 4 is 5.69 Å². The van der Waals surface area contributed by atoms with Crippen molar-refractivity contribution in [1.82, 2.24) is 4.90 Å². The maximum absolute atomic E-state index is 13.2. The van der Waals surface area contributed by atoms with Crippen LogP contribution in [0, 0.1) is 23.1 Å². The third-order valence-corrected chi connectivity index (χ3v) is 3.88. The lowest BCUT2D eigenvalue weighted by Crippen LogP contribution is -2.29. The number of rotatable bonds is 5. The molecule has 1 aromatic carbocycles. The molecule has 1 aliphatic rings. The second-order valence-electron chi connectivity index (χ2n) is 5.64. The van der Waals surface area contributed by atoms with Gasteiger partial charge in [0.1, 0.15) is 11.9 Å². The first-order valence-electron chi connectivity index (χ1n) is 7.27. The Bertz CT molecular complexity index is 495. The molecular formula is C16H22FN3. The first kappa shape index (κ1) is 14.8. The maximum atomic E-state index is 13.2. The van der Waals surface area contributed by atoms with Crippen LogP contribution in [0.15, 0.2) is 18.2 Å². The number of nitriles is 1. The zero-order valence-electron chi connectivity index (χ0n) is 12.3. The molecule has 4 heteroatoms. The van der Waals surface area contributed by atoms with E-state index in [0.717, 1.165) is 38.3 Å². The highest BCUT2D eigenvalue weighted by atomic mass is 19.1. The number of halogens is 1. The number of anilines is 1. The highest BCUT2D eigenvalue weighted by molar-refractivity contribution is 5.59. The van der Waals surface area contributed by atoms with E-state index >= 15 is 0 Å². The predicted molar refractivity (Wildman–Crippen MR) is 79.2 cm³/mol. The normalized spacial score (nSPS) is 18.6. The Morgan fingerprint density at radius 2 is 2.30 bits per heavy atom. The molecule has 0 aliphatic carbocycles. The highest BCUT2D eigenvalue weighted by Crippen LogP contribution is 2.27. The van der Waals surface area contributed by atoms with Gasteiger partial charge in [0.15, 0.2) is 0 Å². The average molecular weight is 275 g/mol. The third kappa shape index (κ3) is 3.49. The average Bonchev–Trinajstić information content (AvgIpc) is 2.87. The number of benzene rings is 1. The van der Waals surface area contributed by atoms with Gasteiger partial charge in [-0.2, -0.15) is 5.26 Å². The van der Waals surface area contributed by atoms with Crippen molar-refractivity contribution in [2.75, 3.05) is 38.1 Å². The SMILES string of the molecule is CCCN(C)C[C@@H]1CCN(c2ccc(F)cc2C#N)C1. The Kier molecular flexibility index (Phi) is 4.97. The largest absolute Gasteiger partial charge is 0.370 e. The summed E-state index contributed by atoms with van der Waals surface area (Å²) in [5.74, 6) is 0.284. The molecule has 2 rings (SSSR count). The van der Waals surface area contributed by atoms with E-state index < -0.39 is 0 Å². The molecule has 0 N–H and O–H groups in total. The summed E-state index contributed by atoms with van der Waals surface area (Å²) >= 11 is 0. The van der Waals surface area contributed by atoms with Crippen LogP contribution < -0.4 is 4.90 Å². The molecule has 0 spiro atoms. The van der Waals surface area contributed by atoms with Gasteiger partial charge in [-0.25, -0.2) is 4.39 Å². The Hall–Kier alpha value is -1.60. The van der Waals surface area contributed by atoms with Gasteiger partial charge in [-0.1, -0.05) is 6.92 Å². The van der Waals surface area contributed by atoms with Crippen LogP contribution in [0.3, 0.4) is 0 Å². The summed E-state index contributed by atoms with van der Waals surface area (Å²) in [6.07, 6.45) is 2.31. The van der Waals surface area contributed by atoms with Crippen molar-refractivity contribution in [3.8, 4) is 6.07 Å². The number of nitrogens with zero attached hydrogens (tertiary/aromatic N) is 3. The van der Waals surface area contributed by atoms with Gasteiger partial charge in [0.05, 0.1) is 11.3 Å². The lowest BCUT2D eigenvalue weighted by atomic mass is 10.1. The summed E-state index contributed by atoms with van der Waals surface area (Å²) in [6, 6.07) is 6.59. The standard InChI is InChI=1S/C16H22FN3/c1-3-7-19(2)11-13-6-8-20(12-13)16-5-4-15(17)9-14(16)10-18/h4-5,9,13H,3,6-8,11-12H2,1-2H3/t13-/m0/s1. The van der Waals surface area contributed by atoms with Crippen LogP contribution in [-0.2, 0) is 0 Å². The van der Waals surface area contributed by atoms with Crippen molar-refractivity contribution in [3.05, 3.63) is 29.6 Å². The fourth-order valence-corrected chi connectivity index (χ4v) is 2.99. The quantitative estimate of drug-likeness (QED) is 0.827. The molecule has 3 nitrogen and oxygen atoms in total. The van der Waals surface area contributed by atoms with E-state index in [9.17, 15) is 4.39 Å². The molecule has 1 heterocycles. The smallest absolute Gasteiger partial charge is 0.124 e. The Morgan fingerprint density at radius 3 is 3.00 bits per heavy atom. The molecule has 108 valence electrons. The van der Waals surface area contributed by atoms with E-state index in [0.29, 0.717) is 11.5 Å². The van der Waals surface area contributed by atoms with E-state index in [1.54, 1.807) is 6.07 Å². The van der Waals surface area contributed by atoms with Crippen LogP contribution in [0.5, 0.6) is 0 Å². The minimum atomic E-state index is -0.344. The molecule has 20 heavy (non-hydrogen) atoms. The van der Waals surface area contributed by atoms with E-state index in [4.69, 9.17) is 5.26 Å². The predicted octanol–water partition coefficient (Wildman–Crippen LogP) is 2.87. The van der Waals surface area contributed by atoms with Crippen molar-refractivity contribution in [2.24, 2.45) is 5.92 Å². The zero-order valence-corrected chi connectivity index (χ0v) is 12.3. The highest BCUT2D eigenvalue weighted by Gasteiger charge is 2.25. The Labute approximate surface area is 120 Å². The van der Waals surface area contributed by atoms with Gasteiger partial charge in [-0.15, -0.1) is 0 Å². The summed E-state index contributed by atoms with van der Waals surface area (Å²) in [4.78, 5) is 4.58. The van der Waals surface area contributed by atoms with Crippen LogP contribution in [-0.4, -0.2) is 38.1 Å². The molecule has 0 radical (unpaired) electrons. The monoisotopic (exact) mass is 275 g/mol. The summed E-state index contributed by atoms with van der Waals surface area (Å²) < 4.78 is 13.2. The van der Waals surface area contributed by atoms with Gasteiger partial charge in [0.25, 0.3) is 0 Å². The second-order valence-corrected chi connectivity index (χ2v) is 5.64. The lowest BCUT2D eigenvalue weighted by Gasteiger charge is -2.22. The molecule has 0 aromatic heterocycles. The van der Waals surface area contributed by atoms with Gasteiger partial charge in [0.2, 0.25) is 0 Å². The van der Waals surface area contributed by atoms with Gasteiger partial charge in [-0.3, -0.25) is 0 Å². The summed E-state index contributed by atoms with van der Waals surface area (Å²) in [7, 11) is 2.16. The van der Waals surface area contributed by atoms with E-state index in [1.807, 2.05) is 0 Å². The maximum Gasteiger partial charge on any atom is 0.124 e. The van der Waals surface area contributed by atoms with Crippen molar-refractivity contribution < 1.29 is 4.39 Å². The molecule has 0 saturated carbocycles. The summed E-state index contributed by atoms with van der Waals surface area (Å²) in [5, 5.41) is 9.13. The molecule has 1 fully saturated rings. The van der Waals surface area contributed by atoms with Crippen LogP contribution in [0.1, 0.15) is 25.3 Å². The molecule has 1 aromatic rings. The van der Waals surface area contributed by atoms with Crippen molar-refractivity contribution in [3.63, 3.8) is 0 Å². The molecule has 1 atom stereocenters. The minimum absolute atomic E-state index is 0.344. The molecule has 0 unspecified atom stereocenters. The van der Waals surface area contributed by atoms with E-state index in [-0.39, 0.29) is 5.82 Å². The molecule has 0 amide bonds. The lowest BCUT2D eigenvalue weighted by molar-refractivity contribution is 0.287. The minimum Gasteiger partial charge on any atom is -0.370 e. The fourth-order valence-electron chi connectivity index (χ4n) is 2.99. The molecule has 1 saturated heterocycles. The van der Waals surface area contributed by atoms with Crippen LogP contribution in [0.4, 0.5) is 10.1 Å². The topological polar surface area (TPSA) is 30.3 Å². The number of hydrogen-bond acceptors (Lipinski definition) is 3. The first-order chi connectivity index (χ1) is 9.63. The Balaban J connectivity index is 2.01. The van der Waals surface area contributed by atoms with Crippen LogP contribution in [0.25, 0.3) is 0 Å². The summed E-state index contributed by atoms with van der Waals surface area (Å²) in [5.41, 5.74) is 1.31. The van der Waals surface area contributed by atoms with Crippen molar-refractivity contribution in [1.29, 1.82) is 5.26 Å².